The monoisotopic (exact) mass is 330 g/mol. The number of aromatic nitrogens is 6. The van der Waals surface area contributed by atoms with Crippen LogP contribution in [0.25, 0.3) is 17.1 Å². The number of hydrogen-bond donors (Lipinski definition) is 0. The smallest absolute Gasteiger partial charge is 0.302 e. The van der Waals surface area contributed by atoms with E-state index in [-0.39, 0.29) is 11.2 Å². The quantitative estimate of drug-likeness (QED) is 0.716. The topological polar surface area (TPSA) is 79.6 Å². The fourth-order valence-electron chi connectivity index (χ4n) is 2.96. The molecule has 0 aliphatic rings. The summed E-state index contributed by atoms with van der Waals surface area (Å²) in [4.78, 5) is 29.5. The van der Waals surface area contributed by atoms with Crippen molar-refractivity contribution in [3.63, 3.8) is 0 Å². The zero-order valence-corrected chi connectivity index (χ0v) is 14.7. The zero-order valence-electron chi connectivity index (χ0n) is 14.7. The molecule has 0 unspecified atom stereocenters. The average molecular weight is 330 g/mol. The van der Waals surface area contributed by atoms with Crippen LogP contribution in [-0.2, 0) is 20.6 Å². The van der Waals surface area contributed by atoms with Gasteiger partial charge < -0.3 is 4.57 Å². The van der Waals surface area contributed by atoms with E-state index in [4.69, 9.17) is 0 Å². The van der Waals surface area contributed by atoms with Gasteiger partial charge in [-0.25, -0.2) is 9.48 Å². The minimum Gasteiger partial charge on any atom is -0.302 e. The Kier molecular flexibility index (Phi) is 3.90. The van der Waals surface area contributed by atoms with Crippen LogP contribution in [0, 0.1) is 13.8 Å². The van der Waals surface area contributed by atoms with Crippen molar-refractivity contribution in [3.8, 4) is 5.95 Å². The van der Waals surface area contributed by atoms with Crippen molar-refractivity contribution in [1.82, 2.24) is 28.5 Å². The van der Waals surface area contributed by atoms with Crippen LogP contribution in [0.4, 0.5) is 0 Å². The largest absolute Gasteiger partial charge is 0.332 e. The maximum atomic E-state index is 12.7. The third kappa shape index (κ3) is 2.29. The third-order valence-corrected chi connectivity index (χ3v) is 4.26. The van der Waals surface area contributed by atoms with Crippen molar-refractivity contribution in [1.29, 1.82) is 0 Å². The van der Waals surface area contributed by atoms with Crippen LogP contribution in [0.3, 0.4) is 0 Å². The summed E-state index contributed by atoms with van der Waals surface area (Å²) in [5.41, 5.74) is 1.93. The van der Waals surface area contributed by atoms with E-state index in [2.05, 4.69) is 17.0 Å². The Morgan fingerprint density at radius 2 is 1.83 bits per heavy atom. The second-order valence-corrected chi connectivity index (χ2v) is 6.13. The van der Waals surface area contributed by atoms with Gasteiger partial charge in [-0.1, -0.05) is 13.3 Å². The molecule has 0 radical (unpaired) electrons. The molecule has 0 fully saturated rings. The molecule has 0 aliphatic carbocycles. The first kappa shape index (κ1) is 16.2. The van der Waals surface area contributed by atoms with Crippen molar-refractivity contribution in [2.24, 2.45) is 14.1 Å². The summed E-state index contributed by atoms with van der Waals surface area (Å²) < 4.78 is 6.14. The van der Waals surface area contributed by atoms with Crippen LogP contribution in [0.15, 0.2) is 15.7 Å². The molecule has 0 saturated heterocycles. The van der Waals surface area contributed by atoms with Gasteiger partial charge >= 0.3 is 5.69 Å². The van der Waals surface area contributed by atoms with Crippen LogP contribution in [0.2, 0.25) is 0 Å². The predicted octanol–water partition coefficient (Wildman–Crippen LogP) is 1.04. The van der Waals surface area contributed by atoms with Gasteiger partial charge in [0, 0.05) is 26.3 Å². The zero-order chi connectivity index (χ0) is 17.6. The number of hydrogen-bond acceptors (Lipinski definition) is 4. The molecular formula is C16H22N6O2. The van der Waals surface area contributed by atoms with Crippen LogP contribution in [0.5, 0.6) is 0 Å². The lowest BCUT2D eigenvalue weighted by atomic mass is 10.3. The van der Waals surface area contributed by atoms with Gasteiger partial charge in [-0.2, -0.15) is 10.1 Å². The van der Waals surface area contributed by atoms with E-state index in [1.807, 2.05) is 24.5 Å². The lowest BCUT2D eigenvalue weighted by Gasteiger charge is -2.09. The van der Waals surface area contributed by atoms with Crippen molar-refractivity contribution in [3.05, 3.63) is 38.3 Å². The molecule has 128 valence electrons. The molecule has 0 saturated carbocycles. The fraction of sp³-hybridized carbons (Fsp3) is 0.500. The molecule has 0 atom stereocenters. The number of rotatable bonds is 4. The van der Waals surface area contributed by atoms with E-state index >= 15 is 0 Å². The molecular weight excluding hydrogens is 308 g/mol. The van der Waals surface area contributed by atoms with E-state index < -0.39 is 0 Å². The molecule has 8 heteroatoms. The first-order valence-electron chi connectivity index (χ1n) is 8.06. The van der Waals surface area contributed by atoms with Crippen molar-refractivity contribution >= 4 is 11.2 Å². The summed E-state index contributed by atoms with van der Waals surface area (Å²) in [5.74, 6) is 0.572. The van der Waals surface area contributed by atoms with Crippen LogP contribution < -0.4 is 11.2 Å². The number of imidazole rings is 1. The Balaban J connectivity index is 2.43. The molecule has 3 aromatic heterocycles. The number of unbranched alkanes of at least 4 members (excludes halogenated alkanes) is 1. The SMILES string of the molecule is CCCCn1c(-n2nc(C)cc2C)nc2c1c(=O)n(C)c(=O)n2C. The summed E-state index contributed by atoms with van der Waals surface area (Å²) >= 11 is 0. The molecule has 0 amide bonds. The van der Waals surface area contributed by atoms with Crippen molar-refractivity contribution < 1.29 is 0 Å². The van der Waals surface area contributed by atoms with E-state index in [0.717, 1.165) is 28.8 Å². The Morgan fingerprint density at radius 3 is 2.42 bits per heavy atom. The molecule has 24 heavy (non-hydrogen) atoms. The Hall–Kier alpha value is -2.64. The molecule has 0 N–H and O–H groups in total. The second kappa shape index (κ2) is 5.77. The van der Waals surface area contributed by atoms with Gasteiger partial charge in [-0.15, -0.1) is 0 Å². The summed E-state index contributed by atoms with van der Waals surface area (Å²) in [5, 5.41) is 4.49. The van der Waals surface area contributed by atoms with Gasteiger partial charge in [0.25, 0.3) is 5.56 Å². The Labute approximate surface area is 139 Å². The van der Waals surface area contributed by atoms with Crippen molar-refractivity contribution in [2.45, 2.75) is 40.2 Å². The maximum absolute atomic E-state index is 12.7. The summed E-state index contributed by atoms with van der Waals surface area (Å²) in [6, 6.07) is 1.96. The van der Waals surface area contributed by atoms with Crippen molar-refractivity contribution in [2.75, 3.05) is 0 Å². The highest BCUT2D eigenvalue weighted by atomic mass is 16.2. The van der Waals surface area contributed by atoms with Gasteiger partial charge in [-0.3, -0.25) is 13.9 Å². The standard InChI is InChI=1S/C16H22N6O2/c1-6-7-8-21-12-13(19(4)16(24)20(5)14(12)23)17-15(21)22-11(3)9-10(2)18-22/h9H,6-8H2,1-5H3. The normalized spacial score (nSPS) is 11.5. The Bertz CT molecular complexity index is 1030. The van der Waals surface area contributed by atoms with Crippen LogP contribution in [0.1, 0.15) is 31.2 Å². The molecule has 0 aromatic carbocycles. The molecule has 8 nitrogen and oxygen atoms in total. The summed E-state index contributed by atoms with van der Waals surface area (Å²) in [7, 11) is 3.12. The highest BCUT2D eigenvalue weighted by Gasteiger charge is 2.21. The van der Waals surface area contributed by atoms with Gasteiger partial charge in [0.2, 0.25) is 5.95 Å². The number of nitrogens with zero attached hydrogens (tertiary/aromatic N) is 6. The van der Waals surface area contributed by atoms with Gasteiger partial charge in [0.15, 0.2) is 11.2 Å². The van der Waals surface area contributed by atoms with E-state index in [1.165, 1.54) is 11.6 Å². The van der Waals surface area contributed by atoms with Gasteiger partial charge in [-0.05, 0) is 26.3 Å². The minimum absolute atomic E-state index is 0.329. The third-order valence-electron chi connectivity index (χ3n) is 4.26. The Morgan fingerprint density at radius 1 is 1.12 bits per heavy atom. The first-order valence-corrected chi connectivity index (χ1v) is 8.06. The highest BCUT2D eigenvalue weighted by molar-refractivity contribution is 5.72. The van der Waals surface area contributed by atoms with E-state index in [0.29, 0.717) is 23.7 Å². The molecule has 3 aromatic rings. The van der Waals surface area contributed by atoms with Crippen LogP contribution in [-0.4, -0.2) is 28.5 Å². The summed E-state index contributed by atoms with van der Waals surface area (Å²) in [6.07, 6.45) is 1.89. The highest BCUT2D eigenvalue weighted by Crippen LogP contribution is 2.18. The lowest BCUT2D eigenvalue weighted by molar-refractivity contribution is 0.608. The average Bonchev–Trinajstić information content (AvgIpc) is 3.08. The van der Waals surface area contributed by atoms with E-state index in [9.17, 15) is 9.59 Å². The minimum atomic E-state index is -0.382. The lowest BCUT2D eigenvalue weighted by Crippen LogP contribution is -2.37. The summed E-state index contributed by atoms with van der Waals surface area (Å²) in [6.45, 7) is 6.60. The van der Waals surface area contributed by atoms with Gasteiger partial charge in [0.05, 0.1) is 5.69 Å². The molecule has 0 bridgehead atoms. The van der Waals surface area contributed by atoms with E-state index in [1.54, 1.807) is 11.7 Å². The van der Waals surface area contributed by atoms with Gasteiger partial charge in [0.1, 0.15) is 0 Å². The number of fused-ring (bicyclic) bond motifs is 1. The second-order valence-electron chi connectivity index (χ2n) is 6.13. The fourth-order valence-corrected chi connectivity index (χ4v) is 2.96. The molecule has 3 rings (SSSR count). The predicted molar refractivity (Wildman–Crippen MR) is 91.7 cm³/mol. The van der Waals surface area contributed by atoms with Crippen LogP contribution >= 0.6 is 0 Å². The molecule has 3 heterocycles. The first-order chi connectivity index (χ1) is 11.4. The molecule has 0 spiro atoms. The maximum Gasteiger partial charge on any atom is 0.332 e. The molecule has 0 aliphatic heterocycles. The number of aryl methyl sites for hydroxylation is 4.